The van der Waals surface area contributed by atoms with Gasteiger partial charge in [0.05, 0.1) is 30.4 Å². The summed E-state index contributed by atoms with van der Waals surface area (Å²) in [6.07, 6.45) is 6.68. The Labute approximate surface area is 208 Å². The highest BCUT2D eigenvalue weighted by Gasteiger charge is 2.55. The maximum absolute atomic E-state index is 15.4. The lowest BCUT2D eigenvalue weighted by molar-refractivity contribution is 0.0164. The van der Waals surface area contributed by atoms with Crippen LogP contribution in [0.3, 0.4) is 0 Å². The average molecular weight is 493 g/mol. The fourth-order valence-corrected chi connectivity index (χ4v) is 5.63. The van der Waals surface area contributed by atoms with E-state index in [2.05, 4.69) is 25.6 Å². The first-order chi connectivity index (χ1) is 17.2. The van der Waals surface area contributed by atoms with Gasteiger partial charge in [0, 0.05) is 31.1 Å². The lowest BCUT2D eigenvalue weighted by Crippen LogP contribution is -2.51. The number of anilines is 2. The molecule has 1 aliphatic carbocycles. The Morgan fingerprint density at radius 1 is 1.17 bits per heavy atom. The fourth-order valence-electron chi connectivity index (χ4n) is 5.63. The Bertz CT molecular complexity index is 1440. The van der Waals surface area contributed by atoms with Gasteiger partial charge in [-0.1, -0.05) is 6.42 Å². The van der Waals surface area contributed by atoms with Gasteiger partial charge in [0.15, 0.2) is 5.82 Å². The number of rotatable bonds is 5. The molecular weight excluding hydrogens is 462 g/mol. The molecule has 1 N–H and O–H groups in total. The molecule has 36 heavy (non-hydrogen) atoms. The molecule has 0 radical (unpaired) electrons. The number of hydrogen-bond acceptors (Lipinski definition) is 5. The third-order valence-electron chi connectivity index (χ3n) is 7.92. The van der Waals surface area contributed by atoms with Crippen molar-refractivity contribution in [3.05, 3.63) is 48.2 Å². The largest absolute Gasteiger partial charge is 0.341 e. The van der Waals surface area contributed by atoms with Crippen LogP contribution in [-0.2, 0) is 25.6 Å². The third-order valence-corrected chi connectivity index (χ3v) is 7.92. The van der Waals surface area contributed by atoms with Crippen LogP contribution >= 0.6 is 0 Å². The summed E-state index contributed by atoms with van der Waals surface area (Å²) in [4.78, 5) is 4.51. The second-order valence-electron chi connectivity index (χ2n) is 10.6. The summed E-state index contributed by atoms with van der Waals surface area (Å²) < 4.78 is 36.1. The zero-order valence-corrected chi connectivity index (χ0v) is 21.0. The van der Waals surface area contributed by atoms with Crippen molar-refractivity contribution in [2.24, 2.45) is 7.05 Å². The predicted octanol–water partition coefficient (Wildman–Crippen LogP) is 5.12. The van der Waals surface area contributed by atoms with Gasteiger partial charge in [0.2, 0.25) is 0 Å². The third kappa shape index (κ3) is 3.45. The number of halogens is 2. The van der Waals surface area contributed by atoms with Crippen molar-refractivity contribution in [2.45, 2.75) is 70.4 Å². The van der Waals surface area contributed by atoms with E-state index in [0.29, 0.717) is 30.3 Å². The second kappa shape index (κ2) is 7.97. The minimum absolute atomic E-state index is 0.125. The van der Waals surface area contributed by atoms with Crippen molar-refractivity contribution in [1.29, 1.82) is 0 Å². The molecule has 1 saturated carbocycles. The molecule has 2 aliphatic rings. The Kier molecular flexibility index (Phi) is 5.07. The molecule has 5 heterocycles. The molecule has 1 fully saturated rings. The summed E-state index contributed by atoms with van der Waals surface area (Å²) in [6.45, 7) is 5.53. The first-order valence-electron chi connectivity index (χ1n) is 12.4. The molecule has 0 saturated heterocycles. The van der Waals surface area contributed by atoms with Gasteiger partial charge < -0.3 is 14.5 Å². The Hall–Kier alpha value is -3.56. The Morgan fingerprint density at radius 3 is 2.64 bits per heavy atom. The summed E-state index contributed by atoms with van der Waals surface area (Å²) >= 11 is 0. The number of nitrogens with one attached hydrogen (secondary N) is 1. The highest BCUT2D eigenvalue weighted by atomic mass is 19.1. The molecule has 8 nitrogen and oxygen atoms in total. The van der Waals surface area contributed by atoms with Crippen molar-refractivity contribution in [2.75, 3.05) is 5.32 Å². The lowest BCUT2D eigenvalue weighted by Gasteiger charge is -2.47. The molecular formula is C26H30F2N8. The summed E-state index contributed by atoms with van der Waals surface area (Å²) in [5.74, 6) is 2.67. The monoisotopic (exact) mass is 492 g/mol. The number of aromatic nitrogens is 7. The second-order valence-corrected chi connectivity index (χ2v) is 10.6. The van der Waals surface area contributed by atoms with Crippen molar-refractivity contribution >= 4 is 11.6 Å². The topological polar surface area (TPSA) is 78.4 Å². The van der Waals surface area contributed by atoms with E-state index < -0.39 is 17.3 Å². The maximum atomic E-state index is 15.4. The van der Waals surface area contributed by atoms with E-state index in [-0.39, 0.29) is 13.1 Å². The quantitative estimate of drug-likeness (QED) is 0.419. The van der Waals surface area contributed by atoms with Crippen molar-refractivity contribution in [1.82, 2.24) is 34.1 Å². The minimum atomic E-state index is -1.47. The molecule has 1 aliphatic heterocycles. The van der Waals surface area contributed by atoms with E-state index in [9.17, 15) is 0 Å². The van der Waals surface area contributed by atoms with E-state index >= 15 is 8.78 Å². The van der Waals surface area contributed by atoms with Crippen LogP contribution in [0.2, 0.25) is 0 Å². The first-order valence-corrected chi connectivity index (χ1v) is 12.4. The van der Waals surface area contributed by atoms with Crippen LogP contribution in [0.1, 0.15) is 44.5 Å². The molecule has 188 valence electrons. The Morgan fingerprint density at radius 2 is 1.97 bits per heavy atom. The lowest BCUT2D eigenvalue weighted by atomic mass is 9.60. The number of fused-ring (bicyclic) bond motifs is 3. The SMILES string of the molecule is Cc1cnc(Nc2ccnn2C)cc1-c1cc2n(c1)C[C@H](F)Cn1c-2nnc1C1(C(C)(C)F)CCC1. The highest BCUT2D eigenvalue weighted by molar-refractivity contribution is 5.75. The number of aryl methyl sites for hydroxylation is 2. The van der Waals surface area contributed by atoms with Gasteiger partial charge in [0.1, 0.15) is 29.3 Å². The number of alkyl halides is 2. The van der Waals surface area contributed by atoms with Crippen molar-refractivity contribution < 1.29 is 8.78 Å². The molecule has 10 heteroatoms. The molecule has 4 aromatic heterocycles. The van der Waals surface area contributed by atoms with E-state index in [1.165, 1.54) is 0 Å². The zero-order valence-electron chi connectivity index (χ0n) is 21.0. The van der Waals surface area contributed by atoms with Crippen LogP contribution in [0.5, 0.6) is 0 Å². The number of pyridine rings is 1. The van der Waals surface area contributed by atoms with Crippen molar-refractivity contribution in [3.8, 4) is 22.6 Å². The molecule has 0 aromatic carbocycles. The van der Waals surface area contributed by atoms with E-state index in [0.717, 1.165) is 34.6 Å². The molecule has 0 bridgehead atoms. The standard InChI is InChI=1S/C26H30F2N8/c1-16-12-29-21(31-22-6-9-30-34(22)4)11-19(16)17-10-20-23-32-33-24(26(7-5-8-26)25(2,3)28)36(23)15-18(27)14-35(20)13-17/h6,9-13,18H,5,7-8,14-15H2,1-4H3,(H,29,31)/t18-/m0/s1. The normalized spacial score (nSPS) is 18.8. The molecule has 1 atom stereocenters. The van der Waals surface area contributed by atoms with Gasteiger partial charge in [-0.05, 0) is 56.9 Å². The smallest absolute Gasteiger partial charge is 0.180 e. The number of hydrogen-bond donors (Lipinski definition) is 1. The first kappa shape index (κ1) is 22.9. The summed E-state index contributed by atoms with van der Waals surface area (Å²) in [7, 11) is 1.86. The van der Waals surface area contributed by atoms with E-state index in [4.69, 9.17) is 0 Å². The molecule has 0 spiro atoms. The van der Waals surface area contributed by atoms with E-state index in [1.54, 1.807) is 24.7 Å². The van der Waals surface area contributed by atoms with Gasteiger partial charge in [-0.25, -0.2) is 13.8 Å². The molecule has 6 rings (SSSR count). The van der Waals surface area contributed by atoms with Gasteiger partial charge in [0.25, 0.3) is 0 Å². The minimum Gasteiger partial charge on any atom is -0.341 e. The maximum Gasteiger partial charge on any atom is 0.180 e. The molecule has 0 amide bonds. The van der Waals surface area contributed by atoms with Gasteiger partial charge in [-0.2, -0.15) is 5.10 Å². The highest BCUT2D eigenvalue weighted by Crippen LogP contribution is 2.53. The van der Waals surface area contributed by atoms with Crippen LogP contribution in [-0.4, -0.2) is 45.9 Å². The van der Waals surface area contributed by atoms with Crippen LogP contribution in [0, 0.1) is 6.92 Å². The van der Waals surface area contributed by atoms with E-state index in [1.807, 2.05) is 53.7 Å². The fraction of sp³-hybridized carbons (Fsp3) is 0.462. The van der Waals surface area contributed by atoms with Crippen LogP contribution in [0.25, 0.3) is 22.6 Å². The Balaban J connectivity index is 1.42. The van der Waals surface area contributed by atoms with Crippen LogP contribution in [0.15, 0.2) is 36.8 Å². The van der Waals surface area contributed by atoms with Crippen molar-refractivity contribution in [3.63, 3.8) is 0 Å². The van der Waals surface area contributed by atoms with Crippen LogP contribution in [0.4, 0.5) is 20.4 Å². The summed E-state index contributed by atoms with van der Waals surface area (Å²) in [6, 6.07) is 5.88. The predicted molar refractivity (Wildman–Crippen MR) is 134 cm³/mol. The van der Waals surface area contributed by atoms with Crippen LogP contribution < -0.4 is 5.32 Å². The molecule has 0 unspecified atom stereocenters. The van der Waals surface area contributed by atoms with Gasteiger partial charge in [-0.15, -0.1) is 10.2 Å². The zero-order chi connectivity index (χ0) is 25.2. The van der Waals surface area contributed by atoms with Gasteiger partial charge >= 0.3 is 0 Å². The average Bonchev–Trinajstić information content (AvgIpc) is 3.46. The summed E-state index contributed by atoms with van der Waals surface area (Å²) in [5, 5.41) is 16.4. The number of nitrogens with zero attached hydrogens (tertiary/aromatic N) is 7. The molecule has 4 aromatic rings. The summed E-state index contributed by atoms with van der Waals surface area (Å²) in [5.41, 5.74) is 1.51. The van der Waals surface area contributed by atoms with Gasteiger partial charge in [-0.3, -0.25) is 4.68 Å².